The van der Waals surface area contributed by atoms with Crippen LogP contribution in [0.2, 0.25) is 0 Å². The molecule has 3 N–H and O–H groups in total. The van der Waals surface area contributed by atoms with Crippen molar-refractivity contribution >= 4 is 12.0 Å². The summed E-state index contributed by atoms with van der Waals surface area (Å²) in [7, 11) is 0. The van der Waals surface area contributed by atoms with E-state index in [1.54, 1.807) is 6.08 Å². The van der Waals surface area contributed by atoms with E-state index in [1.807, 2.05) is 36.4 Å². The summed E-state index contributed by atoms with van der Waals surface area (Å²) < 4.78 is 7.51. The average Bonchev–Trinajstić information content (AvgIpc) is 2.25. The number of nitrogens with one attached hydrogen (secondary N) is 1. The molecule has 0 unspecified atom stereocenters. The van der Waals surface area contributed by atoms with Crippen molar-refractivity contribution in [1.29, 1.82) is 0 Å². The van der Waals surface area contributed by atoms with Gasteiger partial charge in [-0.15, -0.1) is 0 Å². The van der Waals surface area contributed by atoms with Crippen LogP contribution in [0.1, 0.15) is 6.93 Å². The molecular weight excluding hydrogens is 176 g/mol. The Labute approximate surface area is 85.0 Å². The Morgan fingerprint density at radius 2 is 2.21 bits per heavy atom. The SMILES string of the molecule is [2H][C@H](C=Cc1ccccc1)NCC(N)=O. The number of primary amides is 1. The minimum atomic E-state index is -0.613. The van der Waals surface area contributed by atoms with Gasteiger partial charge < -0.3 is 11.1 Å². The Hall–Kier alpha value is -1.61. The fourth-order valence-corrected chi connectivity index (χ4v) is 0.951. The van der Waals surface area contributed by atoms with Crippen LogP contribution in [0.15, 0.2) is 36.4 Å². The molecule has 1 atom stereocenters. The molecule has 3 nitrogen and oxygen atoms in total. The van der Waals surface area contributed by atoms with Crippen molar-refractivity contribution in [3.8, 4) is 0 Å². The Morgan fingerprint density at radius 3 is 2.86 bits per heavy atom. The highest BCUT2D eigenvalue weighted by Gasteiger charge is 1.88. The molecule has 0 spiro atoms. The van der Waals surface area contributed by atoms with Gasteiger partial charge in [-0.25, -0.2) is 0 Å². The van der Waals surface area contributed by atoms with E-state index in [4.69, 9.17) is 7.10 Å². The van der Waals surface area contributed by atoms with E-state index in [9.17, 15) is 4.79 Å². The lowest BCUT2D eigenvalue weighted by Crippen LogP contribution is -2.28. The van der Waals surface area contributed by atoms with Crippen LogP contribution in [-0.4, -0.2) is 19.0 Å². The van der Waals surface area contributed by atoms with Crippen molar-refractivity contribution in [3.05, 3.63) is 42.0 Å². The number of carbonyl (C=O) groups is 1. The Bertz CT molecular complexity index is 338. The normalized spacial score (nSPS) is 13.9. The molecule has 0 aliphatic carbocycles. The van der Waals surface area contributed by atoms with E-state index in [1.165, 1.54) is 0 Å². The molecule has 0 aromatic heterocycles. The van der Waals surface area contributed by atoms with E-state index >= 15 is 0 Å². The molecule has 0 bridgehead atoms. The third kappa shape index (κ3) is 4.42. The summed E-state index contributed by atoms with van der Waals surface area (Å²) in [5.74, 6) is -0.458. The summed E-state index contributed by atoms with van der Waals surface area (Å²) in [4.78, 5) is 10.4. The maximum absolute atomic E-state index is 10.4. The van der Waals surface area contributed by atoms with E-state index in [-0.39, 0.29) is 6.54 Å². The van der Waals surface area contributed by atoms with Crippen molar-refractivity contribution < 1.29 is 6.17 Å². The molecular formula is C11H14N2O. The number of carbonyl (C=O) groups excluding carboxylic acids is 1. The molecule has 1 amide bonds. The third-order valence-corrected chi connectivity index (χ3v) is 1.58. The molecule has 1 rings (SSSR count). The second-order valence-electron chi connectivity index (χ2n) is 2.78. The first-order valence-corrected chi connectivity index (χ1v) is 4.35. The molecule has 0 fully saturated rings. The Morgan fingerprint density at radius 1 is 1.50 bits per heavy atom. The van der Waals surface area contributed by atoms with Gasteiger partial charge in [-0.3, -0.25) is 4.79 Å². The summed E-state index contributed by atoms with van der Waals surface area (Å²) in [5, 5.41) is 2.66. The third-order valence-electron chi connectivity index (χ3n) is 1.58. The minimum Gasteiger partial charge on any atom is -0.369 e. The molecule has 1 aromatic rings. The van der Waals surface area contributed by atoms with Crippen molar-refractivity contribution in [2.45, 2.75) is 0 Å². The number of rotatable bonds is 5. The van der Waals surface area contributed by atoms with E-state index in [0.717, 1.165) is 5.56 Å². The van der Waals surface area contributed by atoms with Gasteiger partial charge in [-0.2, -0.15) is 0 Å². The van der Waals surface area contributed by atoms with Crippen molar-refractivity contribution in [2.75, 3.05) is 13.1 Å². The van der Waals surface area contributed by atoms with Gasteiger partial charge in [-0.05, 0) is 5.56 Å². The Balaban J connectivity index is 2.41. The first kappa shape index (κ1) is 8.97. The number of benzene rings is 1. The molecule has 0 saturated carbocycles. The maximum atomic E-state index is 10.4. The van der Waals surface area contributed by atoms with Gasteiger partial charge in [0, 0.05) is 7.89 Å². The number of hydrogen-bond acceptors (Lipinski definition) is 2. The summed E-state index contributed by atoms with van der Waals surface area (Å²) >= 11 is 0. The van der Waals surface area contributed by atoms with E-state index in [0.29, 0.717) is 0 Å². The van der Waals surface area contributed by atoms with Crippen molar-refractivity contribution in [2.24, 2.45) is 5.73 Å². The van der Waals surface area contributed by atoms with Gasteiger partial charge in [0.1, 0.15) is 0 Å². The zero-order chi connectivity index (χ0) is 11.1. The lowest BCUT2D eigenvalue weighted by atomic mass is 10.2. The first-order chi connectivity index (χ1) is 7.18. The zero-order valence-electron chi connectivity index (χ0n) is 8.81. The summed E-state index contributed by atoms with van der Waals surface area (Å²) in [6.45, 7) is -0.592. The average molecular weight is 191 g/mol. The number of hydrogen-bond donors (Lipinski definition) is 2. The van der Waals surface area contributed by atoms with Crippen LogP contribution in [0.4, 0.5) is 0 Å². The standard InChI is InChI=1S/C11H14N2O/c12-11(14)9-13-8-4-7-10-5-2-1-3-6-10/h1-7,13H,8-9H2,(H2,12,14)/i8D/t8-/m1/s1. The molecule has 1 aromatic carbocycles. The smallest absolute Gasteiger partial charge is 0.231 e. The van der Waals surface area contributed by atoms with Gasteiger partial charge in [-0.1, -0.05) is 42.5 Å². The van der Waals surface area contributed by atoms with Crippen LogP contribution in [0, 0.1) is 0 Å². The summed E-state index contributed by atoms with van der Waals surface area (Å²) in [6, 6.07) is 9.67. The topological polar surface area (TPSA) is 55.1 Å². The van der Waals surface area contributed by atoms with Crippen LogP contribution >= 0.6 is 0 Å². The highest BCUT2D eigenvalue weighted by Crippen LogP contribution is 1.99. The lowest BCUT2D eigenvalue weighted by molar-refractivity contribution is -0.117. The summed E-state index contributed by atoms with van der Waals surface area (Å²) in [6.07, 6.45) is 3.49. The van der Waals surface area contributed by atoms with Gasteiger partial charge in [0.05, 0.1) is 6.54 Å². The first-order valence-electron chi connectivity index (χ1n) is 4.93. The second kappa shape index (κ2) is 5.94. The van der Waals surface area contributed by atoms with Gasteiger partial charge >= 0.3 is 0 Å². The van der Waals surface area contributed by atoms with Crippen molar-refractivity contribution in [3.63, 3.8) is 0 Å². The summed E-state index contributed by atoms with van der Waals surface area (Å²) in [5.41, 5.74) is 5.96. The fourth-order valence-electron chi connectivity index (χ4n) is 0.951. The molecule has 0 saturated heterocycles. The highest BCUT2D eigenvalue weighted by atomic mass is 16.1. The van der Waals surface area contributed by atoms with Crippen LogP contribution in [0.3, 0.4) is 0 Å². The van der Waals surface area contributed by atoms with Gasteiger partial charge in [0.15, 0.2) is 0 Å². The van der Waals surface area contributed by atoms with E-state index in [2.05, 4.69) is 5.32 Å². The van der Waals surface area contributed by atoms with Gasteiger partial charge in [0.2, 0.25) is 5.91 Å². The van der Waals surface area contributed by atoms with Crippen LogP contribution in [-0.2, 0) is 4.79 Å². The van der Waals surface area contributed by atoms with Crippen LogP contribution in [0.25, 0.3) is 6.08 Å². The minimum absolute atomic E-state index is 0.0211. The highest BCUT2D eigenvalue weighted by molar-refractivity contribution is 5.75. The zero-order valence-corrected chi connectivity index (χ0v) is 7.81. The fraction of sp³-hybridized carbons (Fsp3) is 0.182. The van der Waals surface area contributed by atoms with E-state index < -0.39 is 12.4 Å². The molecule has 14 heavy (non-hydrogen) atoms. The quantitative estimate of drug-likeness (QED) is 0.722. The largest absolute Gasteiger partial charge is 0.369 e. The number of nitrogens with two attached hydrogens (primary N) is 1. The number of amides is 1. The monoisotopic (exact) mass is 191 g/mol. The maximum Gasteiger partial charge on any atom is 0.231 e. The molecule has 74 valence electrons. The molecule has 0 aliphatic heterocycles. The molecule has 0 radical (unpaired) electrons. The predicted octanol–water partition coefficient (Wildman–Crippen LogP) is 0.775. The molecule has 3 heteroatoms. The molecule has 0 heterocycles. The van der Waals surface area contributed by atoms with Crippen molar-refractivity contribution in [1.82, 2.24) is 5.32 Å². The Kier molecular flexibility index (Phi) is 3.80. The van der Waals surface area contributed by atoms with Crippen LogP contribution < -0.4 is 11.1 Å². The lowest BCUT2D eigenvalue weighted by Gasteiger charge is -1.95. The van der Waals surface area contributed by atoms with Gasteiger partial charge in [0.25, 0.3) is 0 Å². The van der Waals surface area contributed by atoms with Crippen LogP contribution in [0.5, 0.6) is 0 Å². The molecule has 0 aliphatic rings. The second-order valence-corrected chi connectivity index (χ2v) is 2.78. The predicted molar refractivity (Wildman–Crippen MR) is 57.5 cm³/mol.